The number of carbonyl (C=O) groups is 1. The average Bonchev–Trinajstić information content (AvgIpc) is 2.67. The number of primary amides is 1. The molecule has 1 fully saturated rings. The van der Waals surface area contributed by atoms with Crippen molar-refractivity contribution < 1.29 is 4.79 Å². The first-order valence-electron chi connectivity index (χ1n) is 9.23. The van der Waals surface area contributed by atoms with Crippen LogP contribution >= 0.6 is 0 Å². The van der Waals surface area contributed by atoms with E-state index in [1.54, 1.807) is 6.20 Å². The molecular weight excluding hydrogens is 324 g/mol. The van der Waals surface area contributed by atoms with E-state index in [0.29, 0.717) is 6.42 Å². The van der Waals surface area contributed by atoms with E-state index in [9.17, 15) is 4.79 Å². The van der Waals surface area contributed by atoms with Crippen LogP contribution < -0.4 is 5.73 Å². The summed E-state index contributed by atoms with van der Waals surface area (Å²) in [5.41, 5.74) is 6.74. The molecule has 1 aromatic carbocycles. The normalized spacial score (nSPS) is 19.6. The predicted molar refractivity (Wildman–Crippen MR) is 104 cm³/mol. The lowest BCUT2D eigenvalue weighted by Gasteiger charge is -2.40. The molecule has 0 saturated carbocycles. The van der Waals surface area contributed by atoms with E-state index in [0.717, 1.165) is 37.4 Å². The fraction of sp³-hybridized carbons (Fsp3) is 0.429. The van der Waals surface area contributed by atoms with Crippen molar-refractivity contribution >= 4 is 5.91 Å². The number of amides is 1. The highest BCUT2D eigenvalue weighted by molar-refractivity contribution is 5.90. The molecule has 1 amide bonds. The number of nitrogens with two attached hydrogens (primary N) is 1. The van der Waals surface area contributed by atoms with E-state index in [2.05, 4.69) is 28.8 Å². The lowest BCUT2D eigenvalue weighted by Crippen LogP contribution is -2.52. The van der Waals surface area contributed by atoms with Crippen molar-refractivity contribution in [3.63, 3.8) is 0 Å². The summed E-state index contributed by atoms with van der Waals surface area (Å²) < 4.78 is 0. The highest BCUT2D eigenvalue weighted by Gasteiger charge is 2.43. The van der Waals surface area contributed by atoms with Crippen LogP contribution in [0, 0.1) is 0 Å². The largest absolute Gasteiger partial charge is 0.369 e. The molecule has 1 aromatic heterocycles. The average molecular weight is 352 g/mol. The first kappa shape index (κ1) is 18.5. The Bertz CT molecular complexity index is 672. The van der Waals surface area contributed by atoms with Crippen LogP contribution in [0.1, 0.15) is 24.6 Å². The maximum atomic E-state index is 12.8. The molecular formula is C21H28N4O. The Morgan fingerprint density at radius 2 is 1.77 bits per heavy atom. The smallest absolute Gasteiger partial charge is 0.234 e. The Kier molecular flexibility index (Phi) is 5.69. The van der Waals surface area contributed by atoms with Gasteiger partial charge < -0.3 is 10.6 Å². The molecule has 2 N–H and O–H groups in total. The van der Waals surface area contributed by atoms with Crippen molar-refractivity contribution in [1.29, 1.82) is 0 Å². The molecule has 2 aromatic rings. The molecule has 1 aliphatic rings. The Labute approximate surface area is 155 Å². The van der Waals surface area contributed by atoms with Crippen molar-refractivity contribution in [3.8, 4) is 0 Å². The van der Waals surface area contributed by atoms with Gasteiger partial charge in [-0.05, 0) is 38.1 Å². The minimum absolute atomic E-state index is 0.221. The van der Waals surface area contributed by atoms with Gasteiger partial charge in [0.25, 0.3) is 0 Å². The number of aromatic nitrogens is 1. The number of piperazine rings is 1. The molecule has 0 radical (unpaired) electrons. The number of carbonyl (C=O) groups excluding carboxylic acids is 1. The SMILES string of the molecule is CC(CC(C(N)=O)(c1ccccc1)c1ccccn1)N1CCN(C)CC1. The summed E-state index contributed by atoms with van der Waals surface area (Å²) >= 11 is 0. The summed E-state index contributed by atoms with van der Waals surface area (Å²) in [5.74, 6) is -0.344. The van der Waals surface area contributed by atoms with Crippen LogP contribution in [0.3, 0.4) is 0 Å². The first-order chi connectivity index (χ1) is 12.5. The molecule has 2 atom stereocenters. The van der Waals surface area contributed by atoms with E-state index in [4.69, 9.17) is 5.73 Å². The monoisotopic (exact) mass is 352 g/mol. The first-order valence-corrected chi connectivity index (χ1v) is 9.23. The second-order valence-electron chi connectivity index (χ2n) is 7.24. The third-order valence-corrected chi connectivity index (χ3v) is 5.55. The number of hydrogen-bond donors (Lipinski definition) is 1. The number of pyridine rings is 1. The van der Waals surface area contributed by atoms with Gasteiger partial charge in [0.05, 0.1) is 5.69 Å². The Hall–Kier alpha value is -2.24. The number of rotatable bonds is 6. The van der Waals surface area contributed by atoms with Gasteiger partial charge in [-0.15, -0.1) is 0 Å². The topological polar surface area (TPSA) is 62.5 Å². The van der Waals surface area contributed by atoms with Crippen molar-refractivity contribution in [2.45, 2.75) is 24.8 Å². The van der Waals surface area contributed by atoms with Gasteiger partial charge in [0.15, 0.2) is 0 Å². The lowest BCUT2D eigenvalue weighted by atomic mass is 9.72. The van der Waals surface area contributed by atoms with E-state index in [1.807, 2.05) is 48.5 Å². The van der Waals surface area contributed by atoms with E-state index in [1.165, 1.54) is 0 Å². The summed E-state index contributed by atoms with van der Waals surface area (Å²) in [6, 6.07) is 15.7. The molecule has 5 nitrogen and oxygen atoms in total. The molecule has 0 spiro atoms. The predicted octanol–water partition coefficient (Wildman–Crippen LogP) is 1.88. The van der Waals surface area contributed by atoms with Gasteiger partial charge >= 0.3 is 0 Å². The van der Waals surface area contributed by atoms with Gasteiger partial charge in [0.1, 0.15) is 5.41 Å². The molecule has 3 rings (SSSR count). The standard InChI is InChI=1S/C21H28N4O/c1-17(25-14-12-24(2)13-15-25)16-21(20(22)26,18-8-4-3-5-9-18)19-10-6-7-11-23-19/h3-11,17H,12-16H2,1-2H3,(H2,22,26). The third-order valence-electron chi connectivity index (χ3n) is 5.55. The zero-order chi connectivity index (χ0) is 18.6. The number of nitrogens with zero attached hydrogens (tertiary/aromatic N) is 3. The van der Waals surface area contributed by atoms with Crippen molar-refractivity contribution in [2.75, 3.05) is 33.2 Å². The van der Waals surface area contributed by atoms with Gasteiger partial charge in [-0.2, -0.15) is 0 Å². The second-order valence-corrected chi connectivity index (χ2v) is 7.24. The molecule has 2 unspecified atom stereocenters. The van der Waals surface area contributed by atoms with Crippen LogP contribution in [0.5, 0.6) is 0 Å². The third kappa shape index (κ3) is 3.64. The second kappa shape index (κ2) is 7.98. The lowest BCUT2D eigenvalue weighted by molar-refractivity contribution is -0.123. The van der Waals surface area contributed by atoms with Crippen molar-refractivity contribution in [1.82, 2.24) is 14.8 Å². The minimum atomic E-state index is -0.925. The van der Waals surface area contributed by atoms with Crippen LogP contribution in [0.2, 0.25) is 0 Å². The molecule has 1 saturated heterocycles. The van der Waals surface area contributed by atoms with Crippen molar-refractivity contribution in [2.24, 2.45) is 5.73 Å². The zero-order valence-electron chi connectivity index (χ0n) is 15.6. The van der Waals surface area contributed by atoms with Gasteiger partial charge in [-0.1, -0.05) is 36.4 Å². The van der Waals surface area contributed by atoms with E-state index < -0.39 is 5.41 Å². The van der Waals surface area contributed by atoms with Crippen molar-refractivity contribution in [3.05, 3.63) is 66.0 Å². The van der Waals surface area contributed by atoms with Gasteiger partial charge in [0, 0.05) is 38.4 Å². The molecule has 1 aliphatic heterocycles. The summed E-state index contributed by atoms with van der Waals surface area (Å²) in [7, 11) is 2.15. The molecule has 26 heavy (non-hydrogen) atoms. The summed E-state index contributed by atoms with van der Waals surface area (Å²) in [6.45, 7) is 6.29. The highest BCUT2D eigenvalue weighted by Crippen LogP contribution is 2.36. The number of likely N-dealkylation sites (N-methyl/N-ethyl adjacent to an activating group) is 1. The number of benzene rings is 1. The van der Waals surface area contributed by atoms with Gasteiger partial charge in [0.2, 0.25) is 5.91 Å². The Morgan fingerprint density at radius 1 is 1.12 bits per heavy atom. The Morgan fingerprint density at radius 3 is 2.35 bits per heavy atom. The van der Waals surface area contributed by atoms with Crippen LogP contribution in [0.25, 0.3) is 0 Å². The zero-order valence-corrected chi connectivity index (χ0v) is 15.6. The number of hydrogen-bond acceptors (Lipinski definition) is 4. The van der Waals surface area contributed by atoms with Crippen LogP contribution in [-0.2, 0) is 10.2 Å². The fourth-order valence-corrected chi connectivity index (χ4v) is 3.91. The van der Waals surface area contributed by atoms with Crippen LogP contribution in [-0.4, -0.2) is 60.0 Å². The summed E-state index contributed by atoms with van der Waals surface area (Å²) in [4.78, 5) is 22.2. The molecule has 0 bridgehead atoms. The van der Waals surface area contributed by atoms with Crippen LogP contribution in [0.4, 0.5) is 0 Å². The maximum Gasteiger partial charge on any atom is 0.234 e. The highest BCUT2D eigenvalue weighted by atomic mass is 16.1. The molecule has 5 heteroatoms. The quantitative estimate of drug-likeness (QED) is 0.862. The molecule has 138 valence electrons. The van der Waals surface area contributed by atoms with Crippen LogP contribution in [0.15, 0.2) is 54.7 Å². The fourth-order valence-electron chi connectivity index (χ4n) is 3.91. The maximum absolute atomic E-state index is 12.8. The molecule has 2 heterocycles. The summed E-state index contributed by atoms with van der Waals surface area (Å²) in [5, 5.41) is 0. The summed E-state index contributed by atoms with van der Waals surface area (Å²) in [6.07, 6.45) is 2.35. The minimum Gasteiger partial charge on any atom is -0.369 e. The Balaban J connectivity index is 1.99. The van der Waals surface area contributed by atoms with E-state index >= 15 is 0 Å². The molecule has 0 aliphatic carbocycles. The van der Waals surface area contributed by atoms with Gasteiger partial charge in [-0.25, -0.2) is 0 Å². The van der Waals surface area contributed by atoms with Gasteiger partial charge in [-0.3, -0.25) is 14.7 Å². The van der Waals surface area contributed by atoms with E-state index in [-0.39, 0.29) is 11.9 Å².